The van der Waals surface area contributed by atoms with Crippen molar-refractivity contribution in [3.8, 4) is 11.5 Å². The molecule has 0 aromatic heterocycles. The van der Waals surface area contributed by atoms with E-state index < -0.39 is 0 Å². The maximum absolute atomic E-state index is 6.20. The van der Waals surface area contributed by atoms with Crippen LogP contribution in [0.15, 0.2) is 12.1 Å². The van der Waals surface area contributed by atoms with Gasteiger partial charge in [0.1, 0.15) is 11.5 Å². The first-order chi connectivity index (χ1) is 8.43. The van der Waals surface area contributed by atoms with E-state index in [1.165, 1.54) is 0 Å². The molecule has 0 saturated carbocycles. The third-order valence-electron chi connectivity index (χ3n) is 2.13. The average Bonchev–Trinajstić information content (AvgIpc) is 2.23. The van der Waals surface area contributed by atoms with Gasteiger partial charge in [-0.15, -0.1) is 0 Å². The van der Waals surface area contributed by atoms with Crippen LogP contribution in [0.25, 0.3) is 0 Å². The monoisotopic (exact) mass is 271 g/mol. The quantitative estimate of drug-likeness (QED) is 0.835. The number of nitrogens with one attached hydrogen (secondary N) is 1. The minimum Gasteiger partial charge on any atom is -0.489 e. The molecule has 102 valence electrons. The topological polar surface area (TPSA) is 30.5 Å². The summed E-state index contributed by atoms with van der Waals surface area (Å²) < 4.78 is 11.4. The molecule has 0 unspecified atom stereocenters. The Balaban J connectivity index is 3.08. The SMILES string of the molecule is CCNc1cc(Cl)c(OC(C)C)cc1OC(C)C. The van der Waals surface area contributed by atoms with Crippen LogP contribution in [0.3, 0.4) is 0 Å². The van der Waals surface area contributed by atoms with E-state index >= 15 is 0 Å². The summed E-state index contributed by atoms with van der Waals surface area (Å²) >= 11 is 6.20. The number of hydrogen-bond acceptors (Lipinski definition) is 3. The maximum atomic E-state index is 6.20. The van der Waals surface area contributed by atoms with Gasteiger partial charge in [0, 0.05) is 12.6 Å². The van der Waals surface area contributed by atoms with Gasteiger partial charge in [-0.25, -0.2) is 0 Å². The lowest BCUT2D eigenvalue weighted by molar-refractivity contribution is 0.230. The molecule has 18 heavy (non-hydrogen) atoms. The van der Waals surface area contributed by atoms with Crippen molar-refractivity contribution in [1.29, 1.82) is 0 Å². The van der Waals surface area contributed by atoms with Crippen molar-refractivity contribution < 1.29 is 9.47 Å². The highest BCUT2D eigenvalue weighted by molar-refractivity contribution is 6.32. The summed E-state index contributed by atoms with van der Waals surface area (Å²) in [5.41, 5.74) is 0.896. The minimum atomic E-state index is 0.0828. The lowest BCUT2D eigenvalue weighted by Crippen LogP contribution is -2.10. The second kappa shape index (κ2) is 6.74. The van der Waals surface area contributed by atoms with Crippen LogP contribution in [0.5, 0.6) is 11.5 Å². The Morgan fingerprint density at radius 3 is 2.11 bits per heavy atom. The van der Waals surface area contributed by atoms with Gasteiger partial charge in [-0.3, -0.25) is 0 Å². The van der Waals surface area contributed by atoms with Crippen molar-refractivity contribution in [1.82, 2.24) is 0 Å². The Bertz CT molecular complexity index is 392. The van der Waals surface area contributed by atoms with Crippen molar-refractivity contribution >= 4 is 17.3 Å². The van der Waals surface area contributed by atoms with Gasteiger partial charge >= 0.3 is 0 Å². The van der Waals surface area contributed by atoms with Crippen LogP contribution >= 0.6 is 11.6 Å². The number of rotatable bonds is 6. The van der Waals surface area contributed by atoms with Crippen LogP contribution in [-0.2, 0) is 0 Å². The highest BCUT2D eigenvalue weighted by Gasteiger charge is 2.12. The van der Waals surface area contributed by atoms with Crippen LogP contribution in [0.4, 0.5) is 5.69 Å². The van der Waals surface area contributed by atoms with E-state index in [1.54, 1.807) is 0 Å². The van der Waals surface area contributed by atoms with E-state index in [1.807, 2.05) is 46.8 Å². The Morgan fingerprint density at radius 2 is 1.61 bits per heavy atom. The summed E-state index contributed by atoms with van der Waals surface area (Å²) in [5.74, 6) is 1.43. The van der Waals surface area contributed by atoms with E-state index in [0.29, 0.717) is 10.8 Å². The highest BCUT2D eigenvalue weighted by atomic mass is 35.5. The Hall–Kier alpha value is -1.09. The molecular weight excluding hydrogens is 250 g/mol. The van der Waals surface area contributed by atoms with Gasteiger partial charge in [-0.1, -0.05) is 11.6 Å². The number of ether oxygens (including phenoxy) is 2. The van der Waals surface area contributed by atoms with Crippen LogP contribution in [0.1, 0.15) is 34.6 Å². The zero-order valence-electron chi connectivity index (χ0n) is 11.7. The molecule has 0 heterocycles. The Morgan fingerprint density at radius 1 is 1.06 bits per heavy atom. The summed E-state index contributed by atoms with van der Waals surface area (Å²) in [6.45, 7) is 10.8. The van der Waals surface area contributed by atoms with Crippen LogP contribution < -0.4 is 14.8 Å². The van der Waals surface area contributed by atoms with Crippen LogP contribution in [0, 0.1) is 0 Å². The summed E-state index contributed by atoms with van der Waals surface area (Å²) in [5, 5.41) is 3.83. The molecule has 0 aliphatic rings. The minimum absolute atomic E-state index is 0.0828. The molecular formula is C14H22ClNO2. The fourth-order valence-corrected chi connectivity index (χ4v) is 1.77. The van der Waals surface area contributed by atoms with Gasteiger partial charge in [0.05, 0.1) is 22.9 Å². The van der Waals surface area contributed by atoms with Crippen LogP contribution in [0.2, 0.25) is 5.02 Å². The zero-order valence-corrected chi connectivity index (χ0v) is 12.5. The van der Waals surface area contributed by atoms with Crippen molar-refractivity contribution in [2.45, 2.75) is 46.8 Å². The van der Waals surface area contributed by atoms with Crippen molar-refractivity contribution in [3.05, 3.63) is 17.2 Å². The van der Waals surface area contributed by atoms with Crippen molar-refractivity contribution in [3.63, 3.8) is 0 Å². The molecule has 1 rings (SSSR count). The lowest BCUT2D eigenvalue weighted by Gasteiger charge is -2.18. The second-order valence-electron chi connectivity index (χ2n) is 4.64. The molecule has 3 nitrogen and oxygen atoms in total. The molecule has 0 radical (unpaired) electrons. The molecule has 0 atom stereocenters. The third kappa shape index (κ3) is 4.30. The fraction of sp³-hybridized carbons (Fsp3) is 0.571. The van der Waals surface area contributed by atoms with Gasteiger partial charge < -0.3 is 14.8 Å². The van der Waals surface area contributed by atoms with E-state index in [2.05, 4.69) is 5.32 Å². The summed E-state index contributed by atoms with van der Waals surface area (Å²) in [7, 11) is 0. The first-order valence-electron chi connectivity index (χ1n) is 6.34. The van der Waals surface area contributed by atoms with Gasteiger partial charge in [0.25, 0.3) is 0 Å². The molecule has 0 aliphatic carbocycles. The molecule has 0 aliphatic heterocycles. The molecule has 1 N–H and O–H groups in total. The molecule has 1 aromatic rings. The molecule has 4 heteroatoms. The molecule has 0 spiro atoms. The first-order valence-corrected chi connectivity index (χ1v) is 6.72. The highest BCUT2D eigenvalue weighted by Crippen LogP contribution is 2.37. The third-order valence-corrected chi connectivity index (χ3v) is 2.42. The fourth-order valence-electron chi connectivity index (χ4n) is 1.56. The van der Waals surface area contributed by atoms with Gasteiger partial charge in [0.15, 0.2) is 0 Å². The van der Waals surface area contributed by atoms with Gasteiger partial charge in [-0.2, -0.15) is 0 Å². The molecule has 0 bridgehead atoms. The number of benzene rings is 1. The van der Waals surface area contributed by atoms with Crippen LogP contribution in [-0.4, -0.2) is 18.8 Å². The van der Waals surface area contributed by atoms with E-state index in [0.717, 1.165) is 18.0 Å². The van der Waals surface area contributed by atoms with E-state index in [9.17, 15) is 0 Å². The number of anilines is 1. The lowest BCUT2D eigenvalue weighted by atomic mass is 10.2. The molecule has 0 saturated heterocycles. The summed E-state index contributed by atoms with van der Waals surface area (Å²) in [6, 6.07) is 3.70. The predicted molar refractivity (Wildman–Crippen MR) is 77.1 cm³/mol. The standard InChI is InChI=1S/C14H22ClNO2/c1-6-16-12-7-11(15)13(17-9(2)3)8-14(12)18-10(4)5/h7-10,16H,6H2,1-5H3. The average molecular weight is 272 g/mol. The summed E-state index contributed by atoms with van der Waals surface area (Å²) in [6.07, 6.45) is 0.190. The second-order valence-corrected chi connectivity index (χ2v) is 5.05. The van der Waals surface area contributed by atoms with Crippen molar-refractivity contribution in [2.24, 2.45) is 0 Å². The number of halogens is 1. The zero-order chi connectivity index (χ0) is 13.7. The Labute approximate surface area is 114 Å². The van der Waals surface area contributed by atoms with E-state index in [-0.39, 0.29) is 12.2 Å². The maximum Gasteiger partial charge on any atom is 0.146 e. The molecule has 0 amide bonds. The first kappa shape index (κ1) is 15.0. The van der Waals surface area contributed by atoms with Gasteiger partial charge in [0.2, 0.25) is 0 Å². The smallest absolute Gasteiger partial charge is 0.146 e. The van der Waals surface area contributed by atoms with Crippen molar-refractivity contribution in [2.75, 3.05) is 11.9 Å². The summed E-state index contributed by atoms with van der Waals surface area (Å²) in [4.78, 5) is 0. The predicted octanol–water partition coefficient (Wildman–Crippen LogP) is 4.35. The normalized spacial score (nSPS) is 10.9. The van der Waals surface area contributed by atoms with Gasteiger partial charge in [-0.05, 0) is 40.7 Å². The van der Waals surface area contributed by atoms with E-state index in [4.69, 9.17) is 21.1 Å². The Kier molecular flexibility index (Phi) is 5.60. The molecule has 1 aromatic carbocycles. The number of hydrogen-bond donors (Lipinski definition) is 1. The largest absolute Gasteiger partial charge is 0.489 e. The molecule has 0 fully saturated rings.